The Hall–Kier alpha value is -5.40. The molecule has 0 saturated heterocycles. The van der Waals surface area contributed by atoms with Crippen LogP contribution in [0.4, 0.5) is 17.1 Å². The number of anilines is 3. The average Bonchev–Trinajstić information content (AvgIpc) is 3.97. The summed E-state index contributed by atoms with van der Waals surface area (Å²) in [4.78, 5) is 2.66. The van der Waals surface area contributed by atoms with Crippen molar-refractivity contribution < 1.29 is 0 Å². The zero-order valence-corrected chi connectivity index (χ0v) is 33.6. The van der Waals surface area contributed by atoms with E-state index in [0.29, 0.717) is 11.8 Å². The SMILES string of the molecule is CC1(C)c2ccccc2-c2cc(-c3ccccc3-c3ccccc3)c(N(c3ccc(C4CC5CCC4C5)cc3)c3cccc4cccc(C5CCCCC5)c34)cc21. The van der Waals surface area contributed by atoms with Gasteiger partial charge in [-0.05, 0) is 142 Å². The van der Waals surface area contributed by atoms with Gasteiger partial charge in [0.15, 0.2) is 0 Å². The second kappa shape index (κ2) is 13.9. The van der Waals surface area contributed by atoms with Gasteiger partial charge in [0, 0.05) is 22.1 Å². The van der Waals surface area contributed by atoms with Crippen LogP contribution in [0.5, 0.6) is 0 Å². The maximum Gasteiger partial charge on any atom is 0.0544 e. The largest absolute Gasteiger partial charge is 0.309 e. The Morgan fingerprint density at radius 1 is 0.509 bits per heavy atom. The van der Waals surface area contributed by atoms with Gasteiger partial charge in [-0.1, -0.05) is 161 Å². The first-order valence-corrected chi connectivity index (χ1v) is 21.9. The third-order valence-corrected chi connectivity index (χ3v) is 14.8. The van der Waals surface area contributed by atoms with Gasteiger partial charge in [0.2, 0.25) is 0 Å². The summed E-state index contributed by atoms with van der Waals surface area (Å²) in [7, 11) is 0. The van der Waals surface area contributed by atoms with Crippen LogP contribution in [0.2, 0.25) is 0 Å². The van der Waals surface area contributed by atoms with Gasteiger partial charge in [0.25, 0.3) is 0 Å². The van der Waals surface area contributed by atoms with Gasteiger partial charge in [0.05, 0.1) is 11.4 Å². The molecule has 1 heteroatoms. The van der Waals surface area contributed by atoms with Crippen LogP contribution >= 0.6 is 0 Å². The number of benzene rings is 7. The van der Waals surface area contributed by atoms with E-state index in [1.54, 1.807) is 0 Å². The quantitative estimate of drug-likeness (QED) is 0.157. The standard InChI is InChI=1S/C56H53N/c1-56(2)51-25-12-11-23-47(51)49-35-50(46-22-10-9-21-44(46)38-15-5-3-6-16-38)54(36-52(49)56)57(43-31-29-40(30-32-43)48-34-37-27-28-42(48)33-37)53-26-14-20-41-19-13-24-45(55(41)53)39-17-7-4-8-18-39/h3,5-6,9-16,19-26,29-32,35-37,39,42,48H,4,7-8,17-18,27-28,33-34H2,1-2H3. The van der Waals surface area contributed by atoms with Crippen molar-refractivity contribution in [3.63, 3.8) is 0 Å². The molecule has 4 aliphatic carbocycles. The van der Waals surface area contributed by atoms with Crippen LogP contribution < -0.4 is 4.90 Å². The molecule has 11 rings (SSSR count). The van der Waals surface area contributed by atoms with Gasteiger partial charge in [0.1, 0.15) is 0 Å². The molecule has 0 aliphatic heterocycles. The zero-order chi connectivity index (χ0) is 38.1. The van der Waals surface area contributed by atoms with E-state index in [-0.39, 0.29) is 5.41 Å². The Labute approximate surface area is 339 Å². The molecule has 1 nitrogen and oxygen atoms in total. The third-order valence-electron chi connectivity index (χ3n) is 14.8. The number of hydrogen-bond acceptors (Lipinski definition) is 1. The van der Waals surface area contributed by atoms with Crippen molar-refractivity contribution in [2.24, 2.45) is 11.8 Å². The first kappa shape index (κ1) is 34.8. The predicted molar refractivity (Wildman–Crippen MR) is 241 cm³/mol. The Bertz CT molecular complexity index is 2600. The molecule has 0 spiro atoms. The number of hydrogen-bond donors (Lipinski definition) is 0. The molecule has 7 aromatic rings. The highest BCUT2D eigenvalue weighted by Crippen LogP contribution is 2.56. The summed E-state index contributed by atoms with van der Waals surface area (Å²) < 4.78 is 0. The fraction of sp³-hybridized carbons (Fsp3) is 0.286. The van der Waals surface area contributed by atoms with E-state index >= 15 is 0 Å². The summed E-state index contributed by atoms with van der Waals surface area (Å²) >= 11 is 0. The lowest BCUT2D eigenvalue weighted by molar-refractivity contribution is 0.420. The van der Waals surface area contributed by atoms with Crippen molar-refractivity contribution >= 4 is 27.8 Å². The molecule has 57 heavy (non-hydrogen) atoms. The monoisotopic (exact) mass is 739 g/mol. The lowest BCUT2D eigenvalue weighted by Crippen LogP contribution is -2.18. The van der Waals surface area contributed by atoms with Gasteiger partial charge < -0.3 is 4.90 Å². The van der Waals surface area contributed by atoms with E-state index in [9.17, 15) is 0 Å². The molecule has 0 aromatic heterocycles. The van der Waals surface area contributed by atoms with Crippen molar-refractivity contribution in [2.45, 2.75) is 88.9 Å². The third kappa shape index (κ3) is 5.80. The summed E-state index contributed by atoms with van der Waals surface area (Å²) in [6.07, 6.45) is 12.2. The van der Waals surface area contributed by atoms with Crippen molar-refractivity contribution in [1.82, 2.24) is 0 Å². The maximum atomic E-state index is 2.66. The minimum absolute atomic E-state index is 0.137. The minimum atomic E-state index is -0.137. The van der Waals surface area contributed by atoms with Gasteiger partial charge in [-0.2, -0.15) is 0 Å². The normalized spacial score (nSPS) is 20.8. The topological polar surface area (TPSA) is 3.24 Å². The van der Waals surface area contributed by atoms with Crippen molar-refractivity contribution in [1.29, 1.82) is 0 Å². The van der Waals surface area contributed by atoms with E-state index in [2.05, 4.69) is 170 Å². The Morgan fingerprint density at radius 2 is 1.23 bits per heavy atom. The second-order valence-corrected chi connectivity index (χ2v) is 18.3. The van der Waals surface area contributed by atoms with Gasteiger partial charge in [-0.3, -0.25) is 0 Å². The Kier molecular flexibility index (Phi) is 8.50. The highest BCUT2D eigenvalue weighted by Gasteiger charge is 2.41. The lowest BCUT2D eigenvalue weighted by Gasteiger charge is -2.33. The summed E-state index contributed by atoms with van der Waals surface area (Å²) in [5.74, 6) is 3.07. The maximum absolute atomic E-state index is 2.66. The van der Waals surface area contributed by atoms with Crippen LogP contribution in [0.15, 0.2) is 152 Å². The lowest BCUT2D eigenvalue weighted by atomic mass is 9.80. The number of rotatable bonds is 7. The minimum Gasteiger partial charge on any atom is -0.309 e. The Morgan fingerprint density at radius 3 is 1.98 bits per heavy atom. The molecule has 0 radical (unpaired) electrons. The molecule has 0 heterocycles. The molecule has 4 aliphatic rings. The molecule has 3 fully saturated rings. The highest BCUT2D eigenvalue weighted by atomic mass is 15.1. The van der Waals surface area contributed by atoms with Crippen LogP contribution in [-0.4, -0.2) is 0 Å². The molecule has 282 valence electrons. The van der Waals surface area contributed by atoms with Gasteiger partial charge in [-0.25, -0.2) is 0 Å². The van der Waals surface area contributed by atoms with E-state index < -0.39 is 0 Å². The average molecular weight is 740 g/mol. The van der Waals surface area contributed by atoms with Gasteiger partial charge >= 0.3 is 0 Å². The van der Waals surface area contributed by atoms with Crippen molar-refractivity contribution in [2.75, 3.05) is 4.90 Å². The second-order valence-electron chi connectivity index (χ2n) is 18.3. The molecule has 3 atom stereocenters. The first-order chi connectivity index (χ1) is 28.0. The van der Waals surface area contributed by atoms with Crippen LogP contribution in [0, 0.1) is 11.8 Å². The first-order valence-electron chi connectivity index (χ1n) is 21.9. The zero-order valence-electron chi connectivity index (χ0n) is 33.6. The molecule has 7 aromatic carbocycles. The molecule has 3 saturated carbocycles. The molecular weight excluding hydrogens is 687 g/mol. The van der Waals surface area contributed by atoms with Crippen LogP contribution in [0.25, 0.3) is 44.2 Å². The summed E-state index contributed by atoms with van der Waals surface area (Å²) in [5.41, 5.74) is 17.2. The van der Waals surface area contributed by atoms with E-state index in [0.717, 1.165) is 11.8 Å². The molecule has 2 bridgehead atoms. The van der Waals surface area contributed by atoms with E-state index in [4.69, 9.17) is 0 Å². The van der Waals surface area contributed by atoms with Crippen LogP contribution in [0.1, 0.15) is 106 Å². The van der Waals surface area contributed by atoms with E-state index in [1.807, 2.05) is 0 Å². The van der Waals surface area contributed by atoms with Crippen LogP contribution in [0.3, 0.4) is 0 Å². The Balaban J connectivity index is 1.20. The summed E-state index contributed by atoms with van der Waals surface area (Å²) in [5, 5.41) is 2.74. The summed E-state index contributed by atoms with van der Waals surface area (Å²) in [6.45, 7) is 4.85. The van der Waals surface area contributed by atoms with Crippen molar-refractivity contribution in [3.8, 4) is 33.4 Å². The molecule has 0 amide bonds. The molecule has 3 unspecified atom stereocenters. The number of fused-ring (bicyclic) bond motifs is 6. The fourth-order valence-electron chi connectivity index (χ4n) is 11.9. The summed E-state index contributed by atoms with van der Waals surface area (Å²) in [6, 6.07) is 58.4. The number of nitrogens with zero attached hydrogens (tertiary/aromatic N) is 1. The smallest absolute Gasteiger partial charge is 0.0544 e. The fourth-order valence-corrected chi connectivity index (χ4v) is 11.9. The molecular formula is C56H53N. The molecule has 0 N–H and O–H groups in total. The van der Waals surface area contributed by atoms with Gasteiger partial charge in [-0.15, -0.1) is 0 Å². The van der Waals surface area contributed by atoms with Crippen LogP contribution in [-0.2, 0) is 5.41 Å². The highest BCUT2D eigenvalue weighted by molar-refractivity contribution is 6.05. The van der Waals surface area contributed by atoms with Crippen molar-refractivity contribution in [3.05, 3.63) is 174 Å². The predicted octanol–water partition coefficient (Wildman–Crippen LogP) is 15.9. The van der Waals surface area contributed by atoms with E-state index in [1.165, 1.54) is 141 Å².